The van der Waals surface area contributed by atoms with Crippen LogP contribution in [0.15, 0.2) is 52.9 Å². The summed E-state index contributed by atoms with van der Waals surface area (Å²) in [6.45, 7) is 5.85. The molecule has 2 N–H and O–H groups in total. The molecule has 31 heavy (non-hydrogen) atoms. The van der Waals surface area contributed by atoms with Crippen molar-refractivity contribution in [2.45, 2.75) is 13.3 Å². The molecule has 0 aliphatic carbocycles. The van der Waals surface area contributed by atoms with E-state index < -0.39 is 11.7 Å². The van der Waals surface area contributed by atoms with Crippen LogP contribution in [0, 0.1) is 12.7 Å². The monoisotopic (exact) mass is 424 g/mol. The van der Waals surface area contributed by atoms with Crippen molar-refractivity contribution < 1.29 is 18.4 Å². The zero-order valence-electron chi connectivity index (χ0n) is 17.4. The number of aryl methyl sites for hydroxylation is 1. The lowest BCUT2D eigenvalue weighted by Gasteiger charge is -2.36. The SMILES string of the molecule is Cc1c(C(=O)NNC(=O)CCN2CCN(c3ccccc3)CC2)oc2c(F)cccc12. The van der Waals surface area contributed by atoms with Crippen LogP contribution >= 0.6 is 0 Å². The summed E-state index contributed by atoms with van der Waals surface area (Å²) in [6.07, 6.45) is 0.263. The minimum atomic E-state index is -0.613. The highest BCUT2D eigenvalue weighted by Crippen LogP contribution is 2.27. The van der Waals surface area contributed by atoms with Gasteiger partial charge in [-0.3, -0.25) is 25.3 Å². The van der Waals surface area contributed by atoms with Gasteiger partial charge in [-0.1, -0.05) is 30.3 Å². The van der Waals surface area contributed by atoms with Gasteiger partial charge in [0.25, 0.3) is 0 Å². The van der Waals surface area contributed by atoms with Gasteiger partial charge in [0.05, 0.1) is 0 Å². The lowest BCUT2D eigenvalue weighted by Crippen LogP contribution is -2.48. The van der Waals surface area contributed by atoms with E-state index in [4.69, 9.17) is 4.42 Å². The Morgan fingerprint density at radius 1 is 1.00 bits per heavy atom. The topological polar surface area (TPSA) is 77.8 Å². The Kier molecular flexibility index (Phi) is 6.18. The molecule has 1 aliphatic heterocycles. The van der Waals surface area contributed by atoms with Crippen LogP contribution in [0.25, 0.3) is 11.0 Å². The van der Waals surface area contributed by atoms with Crippen LogP contribution in [0.3, 0.4) is 0 Å². The smallest absolute Gasteiger partial charge is 0.305 e. The molecule has 0 atom stereocenters. The molecule has 0 unspecified atom stereocenters. The maximum Gasteiger partial charge on any atom is 0.305 e. The summed E-state index contributed by atoms with van der Waals surface area (Å²) in [4.78, 5) is 29.1. The van der Waals surface area contributed by atoms with Gasteiger partial charge in [0, 0.05) is 55.8 Å². The number of anilines is 1. The van der Waals surface area contributed by atoms with E-state index in [1.54, 1.807) is 19.1 Å². The standard InChI is InChI=1S/C23H25FN4O3/c1-16-18-8-5-9-19(24)22(18)31-21(16)23(30)26-25-20(29)10-11-27-12-14-28(15-13-27)17-6-3-2-4-7-17/h2-9H,10-15H2,1H3,(H,25,29)(H,26,30). The molecule has 1 aliphatic rings. The summed E-state index contributed by atoms with van der Waals surface area (Å²) in [7, 11) is 0. The number of halogens is 1. The van der Waals surface area contributed by atoms with E-state index in [-0.39, 0.29) is 23.7 Å². The van der Waals surface area contributed by atoms with Crippen LogP contribution in [-0.2, 0) is 4.79 Å². The second-order valence-electron chi connectivity index (χ2n) is 7.59. The van der Waals surface area contributed by atoms with Gasteiger partial charge in [-0.25, -0.2) is 4.39 Å². The molecule has 7 nitrogen and oxygen atoms in total. The molecule has 0 saturated carbocycles. The van der Waals surface area contributed by atoms with Gasteiger partial charge >= 0.3 is 5.91 Å². The van der Waals surface area contributed by atoms with Gasteiger partial charge in [-0.15, -0.1) is 0 Å². The largest absolute Gasteiger partial charge is 0.447 e. The lowest BCUT2D eigenvalue weighted by atomic mass is 10.1. The van der Waals surface area contributed by atoms with E-state index in [9.17, 15) is 14.0 Å². The number of nitrogens with one attached hydrogen (secondary N) is 2. The minimum absolute atomic E-state index is 0.0163. The normalized spacial score (nSPS) is 14.6. The highest BCUT2D eigenvalue weighted by atomic mass is 19.1. The number of amides is 2. The first-order chi connectivity index (χ1) is 15.0. The number of furan rings is 1. The van der Waals surface area contributed by atoms with E-state index >= 15 is 0 Å². The van der Waals surface area contributed by atoms with Crippen molar-refractivity contribution in [3.8, 4) is 0 Å². The van der Waals surface area contributed by atoms with Crippen LogP contribution < -0.4 is 15.8 Å². The van der Waals surface area contributed by atoms with Crippen molar-refractivity contribution in [3.63, 3.8) is 0 Å². The fourth-order valence-electron chi connectivity index (χ4n) is 3.80. The Labute approximate surface area is 179 Å². The summed E-state index contributed by atoms with van der Waals surface area (Å²) in [6, 6.07) is 14.8. The van der Waals surface area contributed by atoms with E-state index in [0.29, 0.717) is 17.5 Å². The molecule has 1 aromatic heterocycles. The third-order valence-corrected chi connectivity index (χ3v) is 5.59. The number of carbonyl (C=O) groups excluding carboxylic acids is 2. The van der Waals surface area contributed by atoms with E-state index in [1.165, 1.54) is 11.8 Å². The van der Waals surface area contributed by atoms with Gasteiger partial charge in [-0.2, -0.15) is 0 Å². The van der Waals surface area contributed by atoms with Crippen LogP contribution in [-0.4, -0.2) is 49.4 Å². The van der Waals surface area contributed by atoms with Gasteiger partial charge in [-0.05, 0) is 25.1 Å². The Morgan fingerprint density at radius 2 is 1.74 bits per heavy atom. The quantitative estimate of drug-likeness (QED) is 0.616. The van der Waals surface area contributed by atoms with Crippen LogP contribution in [0.2, 0.25) is 0 Å². The number of para-hydroxylation sites is 2. The molecule has 0 bridgehead atoms. The van der Waals surface area contributed by atoms with Gasteiger partial charge in [0.1, 0.15) is 0 Å². The van der Waals surface area contributed by atoms with E-state index in [2.05, 4.69) is 32.8 Å². The number of hydrogen-bond donors (Lipinski definition) is 2. The van der Waals surface area contributed by atoms with Crippen molar-refractivity contribution >= 4 is 28.5 Å². The maximum absolute atomic E-state index is 13.9. The predicted molar refractivity (Wildman–Crippen MR) is 116 cm³/mol. The average molecular weight is 424 g/mol. The average Bonchev–Trinajstić information content (AvgIpc) is 3.15. The molecule has 2 heterocycles. The summed E-state index contributed by atoms with van der Waals surface area (Å²) in [5, 5.41) is 0.533. The number of benzene rings is 2. The summed E-state index contributed by atoms with van der Waals surface area (Å²) < 4.78 is 19.2. The minimum Gasteiger partial charge on any atom is -0.447 e. The molecular weight excluding hydrogens is 399 g/mol. The molecule has 4 rings (SSSR count). The van der Waals surface area contributed by atoms with Crippen LogP contribution in [0.5, 0.6) is 0 Å². The summed E-state index contributed by atoms with van der Waals surface area (Å²) in [5.74, 6) is -1.45. The van der Waals surface area contributed by atoms with E-state index in [0.717, 1.165) is 26.2 Å². The highest BCUT2D eigenvalue weighted by molar-refractivity contribution is 5.99. The van der Waals surface area contributed by atoms with Crippen molar-refractivity contribution in [1.29, 1.82) is 0 Å². The molecule has 1 saturated heterocycles. The zero-order chi connectivity index (χ0) is 21.8. The third-order valence-electron chi connectivity index (χ3n) is 5.59. The Morgan fingerprint density at radius 3 is 2.45 bits per heavy atom. The second kappa shape index (κ2) is 9.18. The third kappa shape index (κ3) is 4.69. The highest BCUT2D eigenvalue weighted by Gasteiger charge is 2.21. The molecule has 8 heteroatoms. The fraction of sp³-hybridized carbons (Fsp3) is 0.304. The number of hydrogen-bond acceptors (Lipinski definition) is 5. The van der Waals surface area contributed by atoms with Crippen molar-refractivity contribution in [3.05, 3.63) is 65.7 Å². The predicted octanol–water partition coefficient (Wildman–Crippen LogP) is 2.85. The summed E-state index contributed by atoms with van der Waals surface area (Å²) >= 11 is 0. The molecule has 0 radical (unpaired) electrons. The first kappa shape index (κ1) is 20.9. The molecule has 1 fully saturated rings. The number of rotatable bonds is 5. The molecule has 3 aromatic rings. The Hall–Kier alpha value is -3.39. The molecule has 2 aromatic carbocycles. The Balaban J connectivity index is 1.23. The van der Waals surface area contributed by atoms with Gasteiger partial charge in [0.15, 0.2) is 17.2 Å². The molecule has 162 valence electrons. The number of carbonyl (C=O) groups is 2. The lowest BCUT2D eigenvalue weighted by molar-refractivity contribution is -0.122. The number of piperazine rings is 1. The van der Waals surface area contributed by atoms with Gasteiger partial charge in [0.2, 0.25) is 5.91 Å². The zero-order valence-corrected chi connectivity index (χ0v) is 17.4. The summed E-state index contributed by atoms with van der Waals surface area (Å²) in [5.41, 5.74) is 6.54. The van der Waals surface area contributed by atoms with Gasteiger partial charge < -0.3 is 9.32 Å². The number of fused-ring (bicyclic) bond motifs is 1. The second-order valence-corrected chi connectivity index (χ2v) is 7.59. The van der Waals surface area contributed by atoms with Crippen LogP contribution in [0.1, 0.15) is 22.5 Å². The molecular formula is C23H25FN4O3. The first-order valence-electron chi connectivity index (χ1n) is 10.3. The number of hydrazine groups is 1. The van der Waals surface area contributed by atoms with Crippen LogP contribution in [0.4, 0.5) is 10.1 Å². The van der Waals surface area contributed by atoms with E-state index in [1.807, 2.05) is 18.2 Å². The van der Waals surface area contributed by atoms with Crippen molar-refractivity contribution in [1.82, 2.24) is 15.8 Å². The van der Waals surface area contributed by atoms with Crippen molar-refractivity contribution in [2.24, 2.45) is 0 Å². The van der Waals surface area contributed by atoms with Crippen molar-refractivity contribution in [2.75, 3.05) is 37.6 Å². The number of nitrogens with zero attached hydrogens (tertiary/aromatic N) is 2. The molecule has 2 amide bonds. The fourth-order valence-corrected chi connectivity index (χ4v) is 3.80. The Bertz CT molecular complexity index is 1080. The first-order valence-corrected chi connectivity index (χ1v) is 10.3. The maximum atomic E-state index is 13.9. The molecule has 0 spiro atoms.